The van der Waals surface area contributed by atoms with Crippen molar-refractivity contribution >= 4 is 33.4 Å². The van der Waals surface area contributed by atoms with E-state index in [2.05, 4.69) is 28.2 Å². The Bertz CT molecular complexity index is 409. The molecule has 100 valence electrons. The highest BCUT2D eigenvalue weighted by molar-refractivity contribution is 9.10. The van der Waals surface area contributed by atoms with E-state index in [1.54, 1.807) is 18.2 Å². The number of halogens is 2. The second-order valence-corrected chi connectivity index (χ2v) is 5.76. The number of carbonyl (C=O) groups is 1. The first kappa shape index (κ1) is 15.5. The summed E-state index contributed by atoms with van der Waals surface area (Å²) in [7, 11) is 0. The average molecular weight is 333 g/mol. The average Bonchev–Trinajstić information content (AvgIpc) is 2.33. The molecule has 1 aromatic carbocycles. The van der Waals surface area contributed by atoms with E-state index >= 15 is 0 Å². The molecular formula is C14H19BrClNO. The maximum absolute atomic E-state index is 12.0. The normalized spacial score (nSPS) is 12.2. The van der Waals surface area contributed by atoms with Crippen molar-refractivity contribution in [3.63, 3.8) is 0 Å². The predicted octanol–water partition coefficient (Wildman–Crippen LogP) is 4.80. The number of rotatable bonds is 6. The predicted molar refractivity (Wildman–Crippen MR) is 80.2 cm³/mol. The van der Waals surface area contributed by atoms with Gasteiger partial charge in [0.1, 0.15) is 0 Å². The van der Waals surface area contributed by atoms with Crippen LogP contribution < -0.4 is 5.32 Å². The topological polar surface area (TPSA) is 29.1 Å². The second kappa shape index (κ2) is 7.80. The number of carbonyl (C=O) groups excluding carboxylic acids is 1. The SMILES string of the molecule is CCCCCC(C)NC(=O)c1ccc(Cl)c(Br)c1. The van der Waals surface area contributed by atoms with E-state index in [1.807, 2.05) is 6.92 Å². The third-order valence-electron chi connectivity index (χ3n) is 2.80. The van der Waals surface area contributed by atoms with E-state index in [-0.39, 0.29) is 11.9 Å². The van der Waals surface area contributed by atoms with Crippen LogP contribution in [0.5, 0.6) is 0 Å². The van der Waals surface area contributed by atoms with Crippen molar-refractivity contribution < 1.29 is 4.79 Å². The molecule has 2 nitrogen and oxygen atoms in total. The van der Waals surface area contributed by atoms with Crippen LogP contribution in [-0.2, 0) is 0 Å². The Morgan fingerprint density at radius 2 is 2.17 bits per heavy atom. The zero-order chi connectivity index (χ0) is 13.5. The first-order valence-electron chi connectivity index (χ1n) is 6.30. The monoisotopic (exact) mass is 331 g/mol. The molecule has 0 saturated carbocycles. The lowest BCUT2D eigenvalue weighted by molar-refractivity contribution is 0.0938. The lowest BCUT2D eigenvalue weighted by Gasteiger charge is -2.13. The first-order valence-corrected chi connectivity index (χ1v) is 7.47. The summed E-state index contributed by atoms with van der Waals surface area (Å²) in [5.74, 6) is -0.0450. The van der Waals surface area contributed by atoms with Crippen LogP contribution in [0, 0.1) is 0 Å². The quantitative estimate of drug-likeness (QED) is 0.745. The molecular weight excluding hydrogens is 314 g/mol. The lowest BCUT2D eigenvalue weighted by atomic mass is 10.1. The zero-order valence-corrected chi connectivity index (χ0v) is 13.1. The summed E-state index contributed by atoms with van der Waals surface area (Å²) < 4.78 is 0.746. The maximum atomic E-state index is 12.0. The Kier molecular flexibility index (Phi) is 6.72. The Hall–Kier alpha value is -0.540. The third-order valence-corrected chi connectivity index (χ3v) is 4.01. The van der Waals surface area contributed by atoms with Gasteiger partial charge in [0, 0.05) is 16.1 Å². The van der Waals surface area contributed by atoms with Gasteiger partial charge in [-0.15, -0.1) is 0 Å². The molecule has 1 atom stereocenters. The van der Waals surface area contributed by atoms with Gasteiger partial charge in [-0.3, -0.25) is 4.79 Å². The maximum Gasteiger partial charge on any atom is 0.251 e. The minimum absolute atomic E-state index is 0.0450. The Balaban J connectivity index is 2.51. The smallest absolute Gasteiger partial charge is 0.251 e. The van der Waals surface area contributed by atoms with Crippen LogP contribution in [-0.4, -0.2) is 11.9 Å². The molecule has 0 saturated heterocycles. The fraction of sp³-hybridized carbons (Fsp3) is 0.500. The van der Waals surface area contributed by atoms with Crippen molar-refractivity contribution in [1.82, 2.24) is 5.32 Å². The van der Waals surface area contributed by atoms with Crippen LogP contribution in [0.4, 0.5) is 0 Å². The van der Waals surface area contributed by atoms with E-state index < -0.39 is 0 Å². The molecule has 0 aliphatic carbocycles. The molecule has 0 aliphatic heterocycles. The Labute approximate surface area is 122 Å². The number of unbranched alkanes of at least 4 members (excludes halogenated alkanes) is 2. The summed E-state index contributed by atoms with van der Waals surface area (Å²) in [6.45, 7) is 4.22. The minimum atomic E-state index is -0.0450. The summed E-state index contributed by atoms with van der Waals surface area (Å²) in [6.07, 6.45) is 4.59. The van der Waals surface area contributed by atoms with Gasteiger partial charge in [0.25, 0.3) is 5.91 Å². The summed E-state index contributed by atoms with van der Waals surface area (Å²) in [5.41, 5.74) is 0.633. The van der Waals surface area contributed by atoms with Gasteiger partial charge in [0.05, 0.1) is 5.02 Å². The van der Waals surface area contributed by atoms with Gasteiger partial charge in [-0.25, -0.2) is 0 Å². The van der Waals surface area contributed by atoms with Gasteiger partial charge in [-0.1, -0.05) is 37.8 Å². The van der Waals surface area contributed by atoms with Gasteiger partial charge in [0.15, 0.2) is 0 Å². The molecule has 0 aliphatic rings. The van der Waals surface area contributed by atoms with Crippen LogP contribution in [0.15, 0.2) is 22.7 Å². The van der Waals surface area contributed by atoms with Gasteiger partial charge in [0.2, 0.25) is 0 Å². The highest BCUT2D eigenvalue weighted by Gasteiger charge is 2.10. The van der Waals surface area contributed by atoms with Crippen molar-refractivity contribution in [2.24, 2.45) is 0 Å². The number of hydrogen-bond acceptors (Lipinski definition) is 1. The molecule has 1 rings (SSSR count). The summed E-state index contributed by atoms with van der Waals surface area (Å²) >= 11 is 9.22. The standard InChI is InChI=1S/C14H19BrClNO/c1-3-4-5-6-10(2)17-14(18)11-7-8-13(16)12(15)9-11/h7-10H,3-6H2,1-2H3,(H,17,18). The molecule has 1 N–H and O–H groups in total. The van der Waals surface area contributed by atoms with E-state index in [1.165, 1.54) is 12.8 Å². The van der Waals surface area contributed by atoms with Gasteiger partial charge < -0.3 is 5.32 Å². The first-order chi connectivity index (χ1) is 8.54. The molecule has 0 radical (unpaired) electrons. The van der Waals surface area contributed by atoms with Crippen LogP contribution >= 0.6 is 27.5 Å². The molecule has 1 aromatic rings. The summed E-state index contributed by atoms with van der Waals surface area (Å²) in [5, 5.41) is 3.61. The number of amides is 1. The van der Waals surface area contributed by atoms with Gasteiger partial charge in [-0.05, 0) is 47.5 Å². The molecule has 4 heteroatoms. The second-order valence-electron chi connectivity index (χ2n) is 4.50. The molecule has 0 aromatic heterocycles. The molecule has 0 fully saturated rings. The minimum Gasteiger partial charge on any atom is -0.350 e. The van der Waals surface area contributed by atoms with Gasteiger partial charge >= 0.3 is 0 Å². The largest absolute Gasteiger partial charge is 0.350 e. The highest BCUT2D eigenvalue weighted by Crippen LogP contribution is 2.23. The third kappa shape index (κ3) is 4.99. The van der Waals surface area contributed by atoms with E-state index in [9.17, 15) is 4.79 Å². The van der Waals surface area contributed by atoms with Crippen LogP contribution in [0.25, 0.3) is 0 Å². The van der Waals surface area contributed by atoms with E-state index in [0.717, 1.165) is 17.3 Å². The number of nitrogens with one attached hydrogen (secondary N) is 1. The van der Waals surface area contributed by atoms with Crippen molar-refractivity contribution in [1.29, 1.82) is 0 Å². The van der Waals surface area contributed by atoms with Crippen molar-refractivity contribution in [2.75, 3.05) is 0 Å². The fourth-order valence-corrected chi connectivity index (χ4v) is 2.21. The van der Waals surface area contributed by atoms with Gasteiger partial charge in [-0.2, -0.15) is 0 Å². The highest BCUT2D eigenvalue weighted by atomic mass is 79.9. The molecule has 1 unspecified atom stereocenters. The lowest BCUT2D eigenvalue weighted by Crippen LogP contribution is -2.32. The Morgan fingerprint density at radius 1 is 1.44 bits per heavy atom. The molecule has 0 bridgehead atoms. The van der Waals surface area contributed by atoms with E-state index in [0.29, 0.717) is 10.6 Å². The summed E-state index contributed by atoms with van der Waals surface area (Å²) in [6, 6.07) is 5.42. The van der Waals surface area contributed by atoms with Crippen LogP contribution in [0.1, 0.15) is 49.9 Å². The zero-order valence-electron chi connectivity index (χ0n) is 10.8. The number of benzene rings is 1. The fourth-order valence-electron chi connectivity index (χ4n) is 1.72. The summed E-state index contributed by atoms with van der Waals surface area (Å²) in [4.78, 5) is 12.0. The van der Waals surface area contributed by atoms with E-state index in [4.69, 9.17) is 11.6 Å². The molecule has 1 amide bonds. The molecule has 0 spiro atoms. The Morgan fingerprint density at radius 3 is 2.78 bits per heavy atom. The van der Waals surface area contributed by atoms with Crippen molar-refractivity contribution in [2.45, 2.75) is 45.6 Å². The van der Waals surface area contributed by atoms with Crippen molar-refractivity contribution in [3.05, 3.63) is 33.3 Å². The molecule has 0 heterocycles. The van der Waals surface area contributed by atoms with Crippen LogP contribution in [0.2, 0.25) is 5.02 Å². The van der Waals surface area contributed by atoms with Crippen LogP contribution in [0.3, 0.4) is 0 Å². The molecule has 18 heavy (non-hydrogen) atoms. The number of hydrogen-bond donors (Lipinski definition) is 1. The van der Waals surface area contributed by atoms with Crippen molar-refractivity contribution in [3.8, 4) is 0 Å².